The number of H-pyrrole nitrogens is 1. The van der Waals surface area contributed by atoms with Gasteiger partial charge in [0.05, 0.1) is 16.6 Å². The second-order valence-electron chi connectivity index (χ2n) is 9.07. The van der Waals surface area contributed by atoms with Gasteiger partial charge in [0.15, 0.2) is 0 Å². The van der Waals surface area contributed by atoms with Crippen molar-refractivity contribution in [2.75, 3.05) is 0 Å². The van der Waals surface area contributed by atoms with Crippen LogP contribution in [0.25, 0.3) is 70.8 Å². The molecule has 2 aromatic heterocycles. The summed E-state index contributed by atoms with van der Waals surface area (Å²) >= 11 is 0. The van der Waals surface area contributed by atoms with E-state index in [-0.39, 0.29) is 0 Å². The molecule has 0 aliphatic carbocycles. The minimum absolute atomic E-state index is 1.18. The standard InChI is InChI=1S/C32H20N2/c1-2-10-22(11-3-1)34-27-18-15-20-8-4-6-12-23(20)30(27)31-28(34)19-17-26-29(31)25-16-14-21-9-5-7-13-24(21)32(25)33-26/h1-19,33H. The summed E-state index contributed by atoms with van der Waals surface area (Å²) in [5.74, 6) is 0. The van der Waals surface area contributed by atoms with Crippen LogP contribution in [0.15, 0.2) is 115 Å². The van der Waals surface area contributed by atoms with Crippen molar-refractivity contribution in [1.29, 1.82) is 0 Å². The lowest BCUT2D eigenvalue weighted by atomic mass is 9.99. The second-order valence-corrected chi connectivity index (χ2v) is 9.07. The van der Waals surface area contributed by atoms with E-state index in [0.717, 1.165) is 0 Å². The smallest absolute Gasteiger partial charge is 0.0549 e. The maximum Gasteiger partial charge on any atom is 0.0549 e. The number of aromatic nitrogens is 2. The molecule has 0 saturated heterocycles. The van der Waals surface area contributed by atoms with E-state index in [1.165, 1.54) is 70.8 Å². The van der Waals surface area contributed by atoms with Gasteiger partial charge in [0.25, 0.3) is 0 Å². The van der Waals surface area contributed by atoms with Gasteiger partial charge in [-0.15, -0.1) is 0 Å². The minimum Gasteiger partial charge on any atom is -0.354 e. The highest BCUT2D eigenvalue weighted by Crippen LogP contribution is 2.43. The molecule has 0 spiro atoms. The van der Waals surface area contributed by atoms with Gasteiger partial charge < -0.3 is 9.55 Å². The minimum atomic E-state index is 1.18. The molecule has 8 rings (SSSR count). The summed E-state index contributed by atoms with van der Waals surface area (Å²) in [7, 11) is 0. The molecule has 0 fully saturated rings. The van der Waals surface area contributed by atoms with Crippen molar-refractivity contribution in [1.82, 2.24) is 9.55 Å². The van der Waals surface area contributed by atoms with E-state index in [2.05, 4.69) is 125 Å². The summed E-state index contributed by atoms with van der Waals surface area (Å²) in [4.78, 5) is 3.77. The molecule has 0 atom stereocenters. The molecule has 0 unspecified atom stereocenters. The van der Waals surface area contributed by atoms with Crippen LogP contribution >= 0.6 is 0 Å². The Kier molecular flexibility index (Phi) is 3.42. The van der Waals surface area contributed by atoms with E-state index in [4.69, 9.17) is 0 Å². The first-order valence-corrected chi connectivity index (χ1v) is 11.7. The summed E-state index contributed by atoms with van der Waals surface area (Å²) < 4.78 is 2.41. The van der Waals surface area contributed by atoms with Crippen LogP contribution in [-0.2, 0) is 0 Å². The maximum atomic E-state index is 3.77. The first kappa shape index (κ1) is 17.9. The van der Waals surface area contributed by atoms with Gasteiger partial charge in [0.2, 0.25) is 0 Å². The van der Waals surface area contributed by atoms with Crippen LogP contribution in [0.4, 0.5) is 0 Å². The number of hydrogen-bond donors (Lipinski definition) is 1. The summed E-state index contributed by atoms with van der Waals surface area (Å²) in [6, 6.07) is 41.6. The lowest BCUT2D eigenvalue weighted by Gasteiger charge is -2.08. The molecule has 0 aliphatic rings. The molecule has 2 nitrogen and oxygen atoms in total. The van der Waals surface area contributed by atoms with E-state index in [0.29, 0.717) is 0 Å². The van der Waals surface area contributed by atoms with Crippen molar-refractivity contribution in [3.05, 3.63) is 115 Å². The van der Waals surface area contributed by atoms with Gasteiger partial charge in [-0.25, -0.2) is 0 Å². The van der Waals surface area contributed by atoms with Crippen molar-refractivity contribution in [3.63, 3.8) is 0 Å². The molecular formula is C32H20N2. The van der Waals surface area contributed by atoms with E-state index in [9.17, 15) is 0 Å². The van der Waals surface area contributed by atoms with Crippen LogP contribution in [0, 0.1) is 0 Å². The average Bonchev–Trinajstić information content (AvgIpc) is 3.45. The van der Waals surface area contributed by atoms with E-state index in [1.54, 1.807) is 0 Å². The van der Waals surface area contributed by atoms with Crippen LogP contribution in [0.1, 0.15) is 0 Å². The summed E-state index contributed by atoms with van der Waals surface area (Å²) in [6.45, 7) is 0. The highest BCUT2D eigenvalue weighted by Gasteiger charge is 2.19. The predicted octanol–water partition coefficient (Wildman–Crippen LogP) is 8.72. The van der Waals surface area contributed by atoms with Gasteiger partial charge in [-0.1, -0.05) is 84.9 Å². The zero-order chi connectivity index (χ0) is 22.2. The molecular weight excluding hydrogens is 412 g/mol. The Morgan fingerprint density at radius 2 is 1.09 bits per heavy atom. The molecule has 34 heavy (non-hydrogen) atoms. The highest BCUT2D eigenvalue weighted by molar-refractivity contribution is 6.34. The fraction of sp³-hybridized carbons (Fsp3) is 0. The zero-order valence-electron chi connectivity index (χ0n) is 18.4. The first-order valence-electron chi connectivity index (χ1n) is 11.7. The summed E-state index contributed by atoms with van der Waals surface area (Å²) in [5.41, 5.74) is 6.05. The van der Waals surface area contributed by atoms with E-state index < -0.39 is 0 Å². The third-order valence-electron chi connectivity index (χ3n) is 7.29. The Morgan fingerprint density at radius 1 is 0.441 bits per heavy atom. The Morgan fingerprint density at radius 3 is 1.94 bits per heavy atom. The normalized spacial score (nSPS) is 12.1. The Hall–Kier alpha value is -4.56. The Bertz CT molecular complexity index is 2060. The largest absolute Gasteiger partial charge is 0.354 e. The van der Waals surface area contributed by atoms with Gasteiger partial charge >= 0.3 is 0 Å². The van der Waals surface area contributed by atoms with Gasteiger partial charge in [-0.2, -0.15) is 0 Å². The molecule has 2 heterocycles. The second kappa shape index (κ2) is 6.49. The summed E-state index contributed by atoms with van der Waals surface area (Å²) in [5, 5.41) is 10.3. The monoisotopic (exact) mass is 432 g/mol. The van der Waals surface area contributed by atoms with Gasteiger partial charge in [0.1, 0.15) is 0 Å². The first-order chi connectivity index (χ1) is 16.9. The van der Waals surface area contributed by atoms with E-state index in [1.807, 2.05) is 0 Å². The molecule has 0 amide bonds. The lowest BCUT2D eigenvalue weighted by molar-refractivity contribution is 1.18. The van der Waals surface area contributed by atoms with Gasteiger partial charge in [-0.05, 0) is 46.5 Å². The highest BCUT2D eigenvalue weighted by atomic mass is 15.0. The number of aromatic amines is 1. The number of hydrogen-bond acceptors (Lipinski definition) is 0. The molecule has 0 radical (unpaired) electrons. The predicted molar refractivity (Wildman–Crippen MR) is 145 cm³/mol. The SMILES string of the molecule is c1ccc(-n2c3ccc4ccccc4c3c3c4c(ccc32)[nH]c2c3ccccc3ccc24)cc1. The number of nitrogens with zero attached hydrogens (tertiary/aromatic N) is 1. The topological polar surface area (TPSA) is 20.7 Å². The molecule has 2 heteroatoms. The Balaban J connectivity index is 1.69. The number of nitrogens with one attached hydrogen (secondary N) is 1. The van der Waals surface area contributed by atoms with Crippen LogP contribution in [0.3, 0.4) is 0 Å². The quantitative estimate of drug-likeness (QED) is 0.268. The van der Waals surface area contributed by atoms with Crippen molar-refractivity contribution in [2.24, 2.45) is 0 Å². The van der Waals surface area contributed by atoms with Crippen LogP contribution in [-0.4, -0.2) is 9.55 Å². The van der Waals surface area contributed by atoms with Crippen molar-refractivity contribution in [3.8, 4) is 5.69 Å². The lowest BCUT2D eigenvalue weighted by Crippen LogP contribution is -1.92. The molecule has 0 saturated carbocycles. The third-order valence-corrected chi connectivity index (χ3v) is 7.29. The third kappa shape index (κ3) is 2.24. The average molecular weight is 433 g/mol. The maximum absolute atomic E-state index is 3.77. The molecule has 6 aromatic carbocycles. The number of rotatable bonds is 1. The molecule has 0 aliphatic heterocycles. The molecule has 158 valence electrons. The Labute approximate surface area is 195 Å². The van der Waals surface area contributed by atoms with Crippen molar-refractivity contribution >= 4 is 65.2 Å². The zero-order valence-corrected chi connectivity index (χ0v) is 18.4. The molecule has 8 aromatic rings. The van der Waals surface area contributed by atoms with Crippen LogP contribution in [0.2, 0.25) is 0 Å². The van der Waals surface area contributed by atoms with Crippen LogP contribution in [0.5, 0.6) is 0 Å². The van der Waals surface area contributed by atoms with E-state index >= 15 is 0 Å². The fourth-order valence-corrected chi connectivity index (χ4v) is 5.86. The number of fused-ring (bicyclic) bond motifs is 11. The summed E-state index contributed by atoms with van der Waals surface area (Å²) in [6.07, 6.45) is 0. The molecule has 0 bridgehead atoms. The van der Waals surface area contributed by atoms with Gasteiger partial charge in [-0.3, -0.25) is 0 Å². The van der Waals surface area contributed by atoms with Crippen molar-refractivity contribution in [2.45, 2.75) is 0 Å². The molecule has 1 N–H and O–H groups in total. The number of benzene rings is 6. The number of para-hydroxylation sites is 1. The van der Waals surface area contributed by atoms with Crippen molar-refractivity contribution < 1.29 is 0 Å². The van der Waals surface area contributed by atoms with Crippen LogP contribution < -0.4 is 0 Å². The van der Waals surface area contributed by atoms with Gasteiger partial charge in [0, 0.05) is 38.1 Å². The fourth-order valence-electron chi connectivity index (χ4n) is 5.86.